The molecular weight excluding hydrogens is 393 g/mol. The Morgan fingerprint density at radius 3 is 2.70 bits per heavy atom. The van der Waals surface area contributed by atoms with Crippen LogP contribution in [0, 0.1) is 10.5 Å². The van der Waals surface area contributed by atoms with Crippen LogP contribution in [0.2, 0.25) is 5.15 Å². The summed E-state index contributed by atoms with van der Waals surface area (Å²) in [6.45, 7) is 7.38. The highest BCUT2D eigenvalue weighted by atomic mass is 127. The van der Waals surface area contributed by atoms with E-state index in [0.717, 1.165) is 8.96 Å². The van der Waals surface area contributed by atoms with E-state index in [4.69, 9.17) is 16.3 Å². The Labute approximate surface area is 135 Å². The van der Waals surface area contributed by atoms with Crippen LogP contribution in [-0.4, -0.2) is 26.1 Å². The van der Waals surface area contributed by atoms with Gasteiger partial charge in [0.15, 0.2) is 0 Å². The van der Waals surface area contributed by atoms with Gasteiger partial charge in [-0.25, -0.2) is 9.97 Å². The molecule has 0 saturated heterocycles. The third-order valence-electron chi connectivity index (χ3n) is 2.46. The van der Waals surface area contributed by atoms with Crippen molar-refractivity contribution >= 4 is 51.2 Å². The van der Waals surface area contributed by atoms with Gasteiger partial charge in [-0.15, -0.1) is 0 Å². The van der Waals surface area contributed by atoms with Gasteiger partial charge >= 0.3 is 5.97 Å². The van der Waals surface area contributed by atoms with Crippen LogP contribution in [-0.2, 0) is 16.1 Å². The van der Waals surface area contributed by atoms with Crippen molar-refractivity contribution in [3.63, 3.8) is 0 Å². The Morgan fingerprint density at radius 1 is 1.45 bits per heavy atom. The molecule has 0 N–H and O–H groups in total. The molecule has 0 spiro atoms. The van der Waals surface area contributed by atoms with Gasteiger partial charge < -0.3 is 9.30 Å². The fraction of sp³-hybridized carbons (Fsp3) is 0.462. The maximum atomic E-state index is 11.9. The molecule has 0 aliphatic rings. The van der Waals surface area contributed by atoms with Gasteiger partial charge in [0.25, 0.3) is 0 Å². The van der Waals surface area contributed by atoms with Crippen molar-refractivity contribution in [1.29, 1.82) is 0 Å². The highest BCUT2D eigenvalue weighted by Crippen LogP contribution is 2.27. The molecule has 0 radical (unpaired) electrons. The van der Waals surface area contributed by atoms with Crippen molar-refractivity contribution < 1.29 is 9.53 Å². The summed E-state index contributed by atoms with van der Waals surface area (Å²) in [7, 11) is 0. The molecule has 0 aromatic carbocycles. The standard InChI is InChI=1S/C13H15ClIN3O2/c1-7-16-11(14)10-8(15)5-18(12(10)17-7)6-9(19)20-13(2,3)4/h5H,6H2,1-4H3. The number of rotatable bonds is 2. The minimum atomic E-state index is -0.504. The largest absolute Gasteiger partial charge is 0.459 e. The van der Waals surface area contributed by atoms with Crippen LogP contribution in [0.5, 0.6) is 0 Å². The normalized spacial score (nSPS) is 11.9. The number of carbonyl (C=O) groups is 1. The average Bonchev–Trinajstić information content (AvgIpc) is 2.52. The lowest BCUT2D eigenvalue weighted by atomic mass is 10.2. The van der Waals surface area contributed by atoms with Crippen molar-refractivity contribution in [2.45, 2.75) is 39.8 Å². The lowest BCUT2D eigenvalue weighted by Crippen LogP contribution is -2.26. The summed E-state index contributed by atoms with van der Waals surface area (Å²) in [5.41, 5.74) is 0.146. The van der Waals surface area contributed by atoms with Crippen molar-refractivity contribution in [2.75, 3.05) is 0 Å². The van der Waals surface area contributed by atoms with Gasteiger partial charge in [-0.2, -0.15) is 0 Å². The van der Waals surface area contributed by atoms with E-state index in [1.165, 1.54) is 0 Å². The zero-order valence-corrected chi connectivity index (χ0v) is 14.6. The summed E-state index contributed by atoms with van der Waals surface area (Å²) in [6.07, 6.45) is 1.83. The molecule has 108 valence electrons. The van der Waals surface area contributed by atoms with Crippen molar-refractivity contribution in [2.24, 2.45) is 0 Å². The summed E-state index contributed by atoms with van der Waals surface area (Å²) >= 11 is 8.29. The van der Waals surface area contributed by atoms with Gasteiger partial charge in [-0.3, -0.25) is 4.79 Å². The second-order valence-electron chi connectivity index (χ2n) is 5.45. The Bertz CT molecular complexity index is 676. The number of nitrogens with zero attached hydrogens (tertiary/aromatic N) is 3. The van der Waals surface area contributed by atoms with Crippen LogP contribution in [0.3, 0.4) is 0 Å². The zero-order valence-electron chi connectivity index (χ0n) is 11.7. The highest BCUT2D eigenvalue weighted by molar-refractivity contribution is 14.1. The molecule has 0 atom stereocenters. The number of hydrogen-bond acceptors (Lipinski definition) is 4. The first-order valence-corrected chi connectivity index (χ1v) is 7.53. The third-order valence-corrected chi connectivity index (χ3v) is 3.55. The Hall–Kier alpha value is -0.890. The van der Waals surface area contributed by atoms with E-state index < -0.39 is 5.60 Å². The summed E-state index contributed by atoms with van der Waals surface area (Å²) < 4.78 is 7.97. The Balaban J connectivity index is 2.39. The molecule has 5 nitrogen and oxygen atoms in total. The highest BCUT2D eigenvalue weighted by Gasteiger charge is 2.19. The molecule has 2 rings (SSSR count). The number of hydrogen-bond donors (Lipinski definition) is 0. The van der Waals surface area contributed by atoms with E-state index in [1.54, 1.807) is 11.5 Å². The molecule has 0 unspecified atom stereocenters. The van der Waals surface area contributed by atoms with E-state index in [0.29, 0.717) is 16.6 Å². The van der Waals surface area contributed by atoms with Gasteiger partial charge in [0.05, 0.1) is 5.39 Å². The van der Waals surface area contributed by atoms with Crippen LogP contribution in [0.15, 0.2) is 6.20 Å². The fourth-order valence-electron chi connectivity index (χ4n) is 1.83. The number of esters is 1. The molecule has 0 aliphatic carbocycles. The van der Waals surface area contributed by atoms with Gasteiger partial charge in [0, 0.05) is 9.77 Å². The van der Waals surface area contributed by atoms with E-state index >= 15 is 0 Å². The SMILES string of the molecule is Cc1nc(Cl)c2c(I)cn(CC(=O)OC(C)(C)C)c2n1. The van der Waals surface area contributed by atoms with Gasteiger partial charge in [0.2, 0.25) is 0 Å². The smallest absolute Gasteiger partial charge is 0.326 e. The first kappa shape index (κ1) is 15.5. The summed E-state index contributed by atoms with van der Waals surface area (Å²) in [6, 6.07) is 0. The monoisotopic (exact) mass is 407 g/mol. The number of carbonyl (C=O) groups excluding carboxylic acids is 1. The number of halogens is 2. The van der Waals surface area contributed by atoms with E-state index in [-0.39, 0.29) is 12.5 Å². The molecule has 20 heavy (non-hydrogen) atoms. The van der Waals surface area contributed by atoms with Crippen LogP contribution in [0.1, 0.15) is 26.6 Å². The molecule has 0 bridgehead atoms. The van der Waals surface area contributed by atoms with E-state index in [1.807, 2.05) is 27.0 Å². The summed E-state index contributed by atoms with van der Waals surface area (Å²) in [5, 5.41) is 1.17. The van der Waals surface area contributed by atoms with Gasteiger partial charge in [0.1, 0.15) is 28.8 Å². The van der Waals surface area contributed by atoms with E-state index in [9.17, 15) is 4.79 Å². The molecule has 7 heteroatoms. The molecule has 0 aliphatic heterocycles. The van der Waals surface area contributed by atoms with Crippen LogP contribution in [0.4, 0.5) is 0 Å². The third kappa shape index (κ3) is 3.41. The predicted octanol–water partition coefficient (Wildman–Crippen LogP) is 3.34. The maximum absolute atomic E-state index is 11.9. The topological polar surface area (TPSA) is 57.0 Å². The molecule has 0 saturated carbocycles. The van der Waals surface area contributed by atoms with Crippen molar-refractivity contribution in [3.05, 3.63) is 20.7 Å². The number of aryl methyl sites for hydroxylation is 1. The predicted molar refractivity (Wildman–Crippen MR) is 85.8 cm³/mol. The quantitative estimate of drug-likeness (QED) is 0.435. The van der Waals surface area contributed by atoms with Crippen LogP contribution >= 0.6 is 34.2 Å². The lowest BCUT2D eigenvalue weighted by Gasteiger charge is -2.19. The van der Waals surface area contributed by atoms with E-state index in [2.05, 4.69) is 32.6 Å². The molecule has 2 heterocycles. The first-order chi connectivity index (χ1) is 9.17. The number of fused-ring (bicyclic) bond motifs is 1. The zero-order chi connectivity index (χ0) is 15.1. The first-order valence-electron chi connectivity index (χ1n) is 6.08. The Kier molecular flexibility index (Phi) is 4.24. The summed E-state index contributed by atoms with van der Waals surface area (Å²) in [4.78, 5) is 20.4. The number of ether oxygens (including phenoxy) is 1. The minimum Gasteiger partial charge on any atom is -0.459 e. The maximum Gasteiger partial charge on any atom is 0.326 e. The van der Waals surface area contributed by atoms with Crippen LogP contribution in [0.25, 0.3) is 11.0 Å². The molecule has 2 aromatic heterocycles. The fourth-order valence-corrected chi connectivity index (χ4v) is 3.13. The molecule has 2 aromatic rings. The van der Waals surface area contributed by atoms with Gasteiger partial charge in [-0.05, 0) is 50.3 Å². The van der Waals surface area contributed by atoms with Gasteiger partial charge in [-0.1, -0.05) is 11.6 Å². The van der Waals surface area contributed by atoms with Crippen molar-refractivity contribution in [3.8, 4) is 0 Å². The summed E-state index contributed by atoms with van der Waals surface area (Å²) in [5.74, 6) is 0.264. The number of aromatic nitrogens is 3. The van der Waals surface area contributed by atoms with Crippen molar-refractivity contribution in [1.82, 2.24) is 14.5 Å². The molecule has 0 fully saturated rings. The Morgan fingerprint density at radius 2 is 2.10 bits per heavy atom. The molecular formula is C13H15ClIN3O2. The second kappa shape index (κ2) is 5.48. The lowest BCUT2D eigenvalue weighted by molar-refractivity contribution is -0.155. The average molecular weight is 408 g/mol. The van der Waals surface area contributed by atoms with Crippen LogP contribution < -0.4 is 0 Å². The second-order valence-corrected chi connectivity index (χ2v) is 6.97. The minimum absolute atomic E-state index is 0.101. The molecule has 0 amide bonds.